The van der Waals surface area contributed by atoms with Crippen molar-refractivity contribution >= 4 is 34.4 Å². The number of nitrogens with one attached hydrogen (secondary N) is 1. The number of carbonyl (C=O) groups is 2. The van der Waals surface area contributed by atoms with Crippen molar-refractivity contribution in [3.8, 4) is 0 Å². The fourth-order valence-corrected chi connectivity index (χ4v) is 3.87. The first-order valence-electron chi connectivity index (χ1n) is 11.1. The number of benzene rings is 3. The molecule has 0 fully saturated rings. The van der Waals surface area contributed by atoms with Crippen LogP contribution in [-0.4, -0.2) is 25.9 Å². The number of hydrogen-bond acceptors (Lipinski definition) is 4. The van der Waals surface area contributed by atoms with Crippen LogP contribution >= 0.6 is 0 Å². The highest BCUT2D eigenvalue weighted by atomic mass is 16.2. The topological polar surface area (TPSA) is 52.7 Å². The highest BCUT2D eigenvalue weighted by Gasteiger charge is 2.40. The summed E-state index contributed by atoms with van der Waals surface area (Å²) in [7, 11) is 3.85. The molecule has 0 saturated heterocycles. The van der Waals surface area contributed by atoms with Crippen LogP contribution in [0.1, 0.15) is 36.5 Å². The summed E-state index contributed by atoms with van der Waals surface area (Å²) >= 11 is 0. The lowest BCUT2D eigenvalue weighted by Gasteiger charge is -2.19. The maximum atomic E-state index is 13.6. The van der Waals surface area contributed by atoms with E-state index in [4.69, 9.17) is 0 Å². The molecule has 0 aromatic heterocycles. The summed E-state index contributed by atoms with van der Waals surface area (Å²) in [5.74, 6) is -0.281. The Labute approximate surface area is 195 Å². The first-order valence-corrected chi connectivity index (χ1v) is 11.1. The van der Waals surface area contributed by atoms with E-state index in [1.807, 2.05) is 92.6 Å². The van der Waals surface area contributed by atoms with Gasteiger partial charge in [0, 0.05) is 25.5 Å². The summed E-state index contributed by atoms with van der Waals surface area (Å²) in [5, 5.41) is 3.24. The molecule has 1 aliphatic heterocycles. The van der Waals surface area contributed by atoms with E-state index in [0.29, 0.717) is 22.7 Å². The third-order valence-corrected chi connectivity index (χ3v) is 5.88. The normalized spacial score (nSPS) is 13.8. The molecule has 0 bridgehead atoms. The van der Waals surface area contributed by atoms with Crippen LogP contribution in [0, 0.1) is 6.92 Å². The first-order chi connectivity index (χ1) is 15.8. The van der Waals surface area contributed by atoms with Gasteiger partial charge < -0.3 is 10.2 Å². The van der Waals surface area contributed by atoms with Crippen molar-refractivity contribution in [2.45, 2.75) is 26.7 Å². The molecule has 3 aromatic rings. The fraction of sp³-hybridized carbons (Fsp3) is 0.214. The lowest BCUT2D eigenvalue weighted by Crippen LogP contribution is -2.32. The third-order valence-electron chi connectivity index (χ3n) is 5.88. The van der Waals surface area contributed by atoms with Gasteiger partial charge in [-0.15, -0.1) is 0 Å². The van der Waals surface area contributed by atoms with Gasteiger partial charge in [-0.2, -0.15) is 0 Å². The Kier molecular flexibility index (Phi) is 6.05. The summed E-state index contributed by atoms with van der Waals surface area (Å²) in [5.41, 5.74) is 5.91. The van der Waals surface area contributed by atoms with Crippen LogP contribution in [0.15, 0.2) is 78.5 Å². The quantitative estimate of drug-likeness (QED) is 0.510. The van der Waals surface area contributed by atoms with E-state index in [1.165, 1.54) is 10.5 Å². The van der Waals surface area contributed by atoms with Crippen LogP contribution in [0.5, 0.6) is 0 Å². The van der Waals surface area contributed by atoms with Gasteiger partial charge in [-0.1, -0.05) is 61.9 Å². The van der Waals surface area contributed by atoms with Crippen molar-refractivity contribution < 1.29 is 9.59 Å². The van der Waals surface area contributed by atoms with E-state index in [2.05, 4.69) is 19.2 Å². The van der Waals surface area contributed by atoms with Gasteiger partial charge in [-0.3, -0.25) is 9.59 Å². The number of amides is 2. The van der Waals surface area contributed by atoms with E-state index >= 15 is 0 Å². The van der Waals surface area contributed by atoms with Gasteiger partial charge in [-0.05, 0) is 54.3 Å². The molecule has 1 N–H and O–H groups in total. The van der Waals surface area contributed by atoms with Gasteiger partial charge >= 0.3 is 0 Å². The van der Waals surface area contributed by atoms with Crippen molar-refractivity contribution in [2.24, 2.45) is 0 Å². The minimum absolute atomic E-state index is 0.288. The Hall–Kier alpha value is -3.86. The molecule has 0 spiro atoms. The lowest BCUT2D eigenvalue weighted by atomic mass is 10.0. The molecule has 5 heteroatoms. The van der Waals surface area contributed by atoms with Gasteiger partial charge in [0.25, 0.3) is 11.8 Å². The highest BCUT2D eigenvalue weighted by molar-refractivity contribution is 6.46. The van der Waals surface area contributed by atoms with E-state index in [-0.39, 0.29) is 17.5 Å². The molecule has 0 radical (unpaired) electrons. The fourth-order valence-electron chi connectivity index (χ4n) is 3.87. The van der Waals surface area contributed by atoms with Crippen molar-refractivity contribution in [3.63, 3.8) is 0 Å². The number of carbonyl (C=O) groups excluding carboxylic acids is 2. The Bertz CT molecular complexity index is 1220. The molecule has 0 saturated carbocycles. The lowest BCUT2D eigenvalue weighted by molar-refractivity contribution is -0.120. The van der Waals surface area contributed by atoms with Gasteiger partial charge in [0.1, 0.15) is 5.70 Å². The maximum absolute atomic E-state index is 13.6. The predicted molar refractivity (Wildman–Crippen MR) is 136 cm³/mol. The summed E-state index contributed by atoms with van der Waals surface area (Å²) in [6.07, 6.45) is 0. The minimum Gasteiger partial charge on any atom is -0.378 e. The average molecular weight is 440 g/mol. The number of hydrogen-bond donors (Lipinski definition) is 1. The second kappa shape index (κ2) is 8.94. The Morgan fingerprint density at radius 3 is 2.12 bits per heavy atom. The molecule has 3 aromatic carbocycles. The molecular weight excluding hydrogens is 410 g/mol. The molecule has 0 atom stereocenters. The van der Waals surface area contributed by atoms with Crippen molar-refractivity contribution in [2.75, 3.05) is 29.2 Å². The first kappa shape index (κ1) is 22.3. The standard InChI is InChI=1S/C28H29N3O2/c1-18(2)20-13-15-22(16-14-20)29-26-25(21-11-9-19(3)10-12-21)27(32)31(28(26)33)24-8-6-7-23(17-24)30(4)5/h6-18,29H,1-5H3. The largest absolute Gasteiger partial charge is 0.378 e. The van der Waals surface area contributed by atoms with Crippen LogP contribution in [0.3, 0.4) is 0 Å². The third kappa shape index (κ3) is 4.40. The number of rotatable bonds is 6. The summed E-state index contributed by atoms with van der Waals surface area (Å²) in [6, 6.07) is 23.1. The second-order valence-corrected chi connectivity index (χ2v) is 8.88. The highest BCUT2D eigenvalue weighted by Crippen LogP contribution is 2.35. The molecule has 2 amide bonds. The minimum atomic E-state index is -0.362. The maximum Gasteiger partial charge on any atom is 0.282 e. The predicted octanol–water partition coefficient (Wildman–Crippen LogP) is 5.58. The average Bonchev–Trinajstić information content (AvgIpc) is 3.04. The zero-order valence-electron chi connectivity index (χ0n) is 19.7. The smallest absolute Gasteiger partial charge is 0.282 e. The monoisotopic (exact) mass is 439 g/mol. The summed E-state index contributed by atoms with van der Waals surface area (Å²) < 4.78 is 0. The van der Waals surface area contributed by atoms with Crippen LogP contribution < -0.4 is 15.1 Å². The van der Waals surface area contributed by atoms with Crippen molar-refractivity contribution in [1.29, 1.82) is 0 Å². The molecule has 1 aliphatic rings. The molecule has 33 heavy (non-hydrogen) atoms. The van der Waals surface area contributed by atoms with E-state index in [1.54, 1.807) is 6.07 Å². The van der Waals surface area contributed by atoms with Crippen LogP contribution in [0.4, 0.5) is 17.1 Å². The number of imide groups is 1. The summed E-state index contributed by atoms with van der Waals surface area (Å²) in [4.78, 5) is 30.4. The van der Waals surface area contributed by atoms with Gasteiger partial charge in [0.2, 0.25) is 0 Å². The van der Waals surface area contributed by atoms with Gasteiger partial charge in [0.05, 0.1) is 11.3 Å². The Balaban J connectivity index is 1.78. The van der Waals surface area contributed by atoms with Crippen molar-refractivity contribution in [3.05, 3.63) is 95.2 Å². The molecule has 0 unspecified atom stereocenters. The molecule has 168 valence electrons. The Morgan fingerprint density at radius 1 is 0.848 bits per heavy atom. The van der Waals surface area contributed by atoms with Crippen LogP contribution in [0.25, 0.3) is 5.57 Å². The Morgan fingerprint density at radius 2 is 1.52 bits per heavy atom. The SMILES string of the molecule is Cc1ccc(C2=C(Nc3ccc(C(C)C)cc3)C(=O)N(c3cccc(N(C)C)c3)C2=O)cc1. The van der Waals surface area contributed by atoms with Gasteiger partial charge in [-0.25, -0.2) is 4.90 Å². The number of aryl methyl sites for hydroxylation is 1. The molecule has 0 aliphatic carbocycles. The summed E-state index contributed by atoms with van der Waals surface area (Å²) in [6.45, 7) is 6.27. The van der Waals surface area contributed by atoms with Crippen molar-refractivity contribution in [1.82, 2.24) is 0 Å². The molecule has 5 nitrogen and oxygen atoms in total. The van der Waals surface area contributed by atoms with E-state index in [9.17, 15) is 9.59 Å². The zero-order valence-corrected chi connectivity index (χ0v) is 19.7. The zero-order chi connectivity index (χ0) is 23.7. The molecule has 1 heterocycles. The van der Waals surface area contributed by atoms with E-state index in [0.717, 1.165) is 16.9 Å². The van der Waals surface area contributed by atoms with E-state index < -0.39 is 0 Å². The number of nitrogens with zero attached hydrogens (tertiary/aromatic N) is 2. The van der Waals surface area contributed by atoms with Crippen LogP contribution in [0.2, 0.25) is 0 Å². The van der Waals surface area contributed by atoms with Crippen LogP contribution in [-0.2, 0) is 9.59 Å². The van der Waals surface area contributed by atoms with Gasteiger partial charge in [0.15, 0.2) is 0 Å². The molecular formula is C28H29N3O2. The molecule has 4 rings (SSSR count). The number of anilines is 3. The second-order valence-electron chi connectivity index (χ2n) is 8.88.